The van der Waals surface area contributed by atoms with Gasteiger partial charge in [0.25, 0.3) is 5.89 Å². The van der Waals surface area contributed by atoms with E-state index in [-0.39, 0.29) is 19.1 Å². The first-order chi connectivity index (χ1) is 12.3. The molecule has 7 nitrogen and oxygen atoms in total. The summed E-state index contributed by atoms with van der Waals surface area (Å²) < 4.78 is 10.4. The van der Waals surface area contributed by atoms with E-state index in [1.807, 2.05) is 30.3 Å². The van der Waals surface area contributed by atoms with Crippen LogP contribution in [-0.2, 0) is 22.6 Å². The average molecular weight is 338 g/mol. The maximum absolute atomic E-state index is 11.7. The highest BCUT2D eigenvalue weighted by Crippen LogP contribution is 2.14. The zero-order valence-electron chi connectivity index (χ0n) is 13.6. The van der Waals surface area contributed by atoms with Crippen molar-refractivity contribution in [2.24, 2.45) is 0 Å². The molecule has 0 bridgehead atoms. The van der Waals surface area contributed by atoms with Crippen LogP contribution in [0.5, 0.6) is 0 Å². The molecule has 3 aromatic rings. The lowest BCUT2D eigenvalue weighted by atomic mass is 10.1. The van der Waals surface area contributed by atoms with Crippen LogP contribution in [0, 0.1) is 0 Å². The molecule has 1 N–H and O–H groups in total. The number of nitrogens with zero attached hydrogens (tertiary/aromatic N) is 3. The molecule has 0 aliphatic rings. The second-order valence-corrected chi connectivity index (χ2v) is 5.33. The Hall–Kier alpha value is -3.06. The van der Waals surface area contributed by atoms with Gasteiger partial charge < -0.3 is 14.6 Å². The predicted octanol–water partition coefficient (Wildman–Crippen LogP) is 2.01. The Balaban J connectivity index is 1.36. The maximum Gasteiger partial charge on any atom is 0.252 e. The summed E-state index contributed by atoms with van der Waals surface area (Å²) in [7, 11) is 0. The number of carbonyl (C=O) groups is 1. The number of aromatic nitrogens is 3. The summed E-state index contributed by atoms with van der Waals surface area (Å²) in [5.74, 6) is 0.613. The molecule has 1 amide bonds. The third-order valence-corrected chi connectivity index (χ3v) is 3.44. The number of benzene rings is 1. The minimum Gasteiger partial charge on any atom is -0.362 e. The second-order valence-electron chi connectivity index (χ2n) is 5.33. The average Bonchev–Trinajstić information content (AvgIpc) is 3.12. The van der Waals surface area contributed by atoms with Gasteiger partial charge in [0.1, 0.15) is 13.2 Å². The molecule has 0 atom stereocenters. The van der Waals surface area contributed by atoms with Crippen molar-refractivity contribution in [3.63, 3.8) is 0 Å². The number of amides is 1. The van der Waals surface area contributed by atoms with Gasteiger partial charge in [0.05, 0.1) is 0 Å². The monoisotopic (exact) mass is 338 g/mol. The number of pyridine rings is 1. The van der Waals surface area contributed by atoms with E-state index in [4.69, 9.17) is 9.26 Å². The van der Waals surface area contributed by atoms with Gasteiger partial charge in [0, 0.05) is 24.5 Å². The Morgan fingerprint density at radius 3 is 2.72 bits per heavy atom. The first-order valence-corrected chi connectivity index (χ1v) is 7.92. The van der Waals surface area contributed by atoms with Gasteiger partial charge in [0.15, 0.2) is 0 Å². The highest BCUT2D eigenvalue weighted by atomic mass is 16.5. The maximum atomic E-state index is 11.7. The molecule has 0 saturated carbocycles. The Labute approximate surface area is 145 Å². The highest BCUT2D eigenvalue weighted by molar-refractivity contribution is 5.77. The lowest BCUT2D eigenvalue weighted by Gasteiger charge is -2.05. The SMILES string of the molecule is O=C(COCc1nc(-c2ccncc2)no1)NCCc1ccccc1. The first kappa shape index (κ1) is 16.8. The largest absolute Gasteiger partial charge is 0.362 e. The fraction of sp³-hybridized carbons (Fsp3) is 0.222. The molecule has 128 valence electrons. The molecule has 2 heterocycles. The molecule has 3 rings (SSSR count). The van der Waals surface area contributed by atoms with Crippen LogP contribution in [0.1, 0.15) is 11.5 Å². The quantitative estimate of drug-likeness (QED) is 0.676. The number of hydrogen-bond donors (Lipinski definition) is 1. The smallest absolute Gasteiger partial charge is 0.252 e. The number of hydrogen-bond acceptors (Lipinski definition) is 6. The van der Waals surface area contributed by atoms with Crippen molar-refractivity contribution in [2.75, 3.05) is 13.2 Å². The molecule has 0 aliphatic carbocycles. The van der Waals surface area contributed by atoms with Gasteiger partial charge in [-0.15, -0.1) is 0 Å². The van der Waals surface area contributed by atoms with E-state index in [0.29, 0.717) is 18.3 Å². The number of carbonyl (C=O) groups excluding carboxylic acids is 1. The molecule has 0 aliphatic heterocycles. The van der Waals surface area contributed by atoms with Gasteiger partial charge in [-0.1, -0.05) is 35.5 Å². The van der Waals surface area contributed by atoms with Crippen LogP contribution in [0.4, 0.5) is 0 Å². The molecule has 2 aromatic heterocycles. The Kier molecular flexibility index (Phi) is 5.84. The van der Waals surface area contributed by atoms with Gasteiger partial charge in [-0.3, -0.25) is 9.78 Å². The van der Waals surface area contributed by atoms with E-state index in [2.05, 4.69) is 20.4 Å². The highest BCUT2D eigenvalue weighted by Gasteiger charge is 2.09. The van der Waals surface area contributed by atoms with Crippen molar-refractivity contribution >= 4 is 5.91 Å². The Bertz CT molecular complexity index is 790. The molecule has 7 heteroatoms. The fourth-order valence-electron chi connectivity index (χ4n) is 2.20. The van der Waals surface area contributed by atoms with E-state index in [0.717, 1.165) is 12.0 Å². The number of nitrogens with one attached hydrogen (secondary N) is 1. The van der Waals surface area contributed by atoms with E-state index >= 15 is 0 Å². The van der Waals surface area contributed by atoms with E-state index in [1.54, 1.807) is 24.5 Å². The predicted molar refractivity (Wildman–Crippen MR) is 90.3 cm³/mol. The van der Waals surface area contributed by atoms with Crippen LogP contribution in [0.2, 0.25) is 0 Å². The summed E-state index contributed by atoms with van der Waals surface area (Å²) >= 11 is 0. The van der Waals surface area contributed by atoms with Crippen LogP contribution in [0.3, 0.4) is 0 Å². The van der Waals surface area contributed by atoms with Crippen molar-refractivity contribution in [3.8, 4) is 11.4 Å². The molecule has 0 fully saturated rings. The van der Waals surface area contributed by atoms with E-state index in [1.165, 1.54) is 5.56 Å². The van der Waals surface area contributed by atoms with Crippen molar-refractivity contribution in [1.82, 2.24) is 20.4 Å². The van der Waals surface area contributed by atoms with Crippen LogP contribution >= 0.6 is 0 Å². The van der Waals surface area contributed by atoms with Crippen LogP contribution in [0.15, 0.2) is 59.4 Å². The fourth-order valence-corrected chi connectivity index (χ4v) is 2.20. The van der Waals surface area contributed by atoms with Crippen molar-refractivity contribution in [3.05, 3.63) is 66.3 Å². The summed E-state index contributed by atoms with van der Waals surface area (Å²) in [5.41, 5.74) is 1.99. The zero-order valence-corrected chi connectivity index (χ0v) is 13.6. The summed E-state index contributed by atoms with van der Waals surface area (Å²) in [6, 6.07) is 13.5. The van der Waals surface area contributed by atoms with Crippen LogP contribution < -0.4 is 5.32 Å². The van der Waals surface area contributed by atoms with Gasteiger partial charge in [0.2, 0.25) is 11.7 Å². The van der Waals surface area contributed by atoms with E-state index < -0.39 is 0 Å². The molecular formula is C18H18N4O3. The standard InChI is InChI=1S/C18H18N4O3/c23-16(20-11-6-14-4-2-1-3-5-14)12-24-13-17-21-18(22-25-17)15-7-9-19-10-8-15/h1-5,7-10H,6,11-13H2,(H,20,23). The molecule has 1 aromatic carbocycles. The lowest BCUT2D eigenvalue weighted by molar-refractivity contribution is -0.126. The van der Waals surface area contributed by atoms with Gasteiger partial charge >= 0.3 is 0 Å². The Morgan fingerprint density at radius 1 is 1.12 bits per heavy atom. The summed E-state index contributed by atoms with van der Waals surface area (Å²) in [6.45, 7) is 0.602. The van der Waals surface area contributed by atoms with Gasteiger partial charge in [-0.05, 0) is 24.1 Å². The summed E-state index contributed by atoms with van der Waals surface area (Å²) in [4.78, 5) is 19.9. The normalized spacial score (nSPS) is 10.6. The zero-order chi connectivity index (χ0) is 17.3. The van der Waals surface area contributed by atoms with Gasteiger partial charge in [-0.25, -0.2) is 0 Å². The molecule has 25 heavy (non-hydrogen) atoms. The number of rotatable bonds is 8. The van der Waals surface area contributed by atoms with Crippen molar-refractivity contribution < 1.29 is 14.1 Å². The minimum absolute atomic E-state index is 0.0538. The van der Waals surface area contributed by atoms with Crippen molar-refractivity contribution in [1.29, 1.82) is 0 Å². The Morgan fingerprint density at radius 2 is 1.92 bits per heavy atom. The summed E-state index contributed by atoms with van der Waals surface area (Å²) in [6.07, 6.45) is 4.09. The molecule has 0 unspecified atom stereocenters. The van der Waals surface area contributed by atoms with E-state index in [9.17, 15) is 4.79 Å². The summed E-state index contributed by atoms with van der Waals surface area (Å²) in [5, 5.41) is 6.68. The third kappa shape index (κ3) is 5.22. The topological polar surface area (TPSA) is 90.1 Å². The lowest BCUT2D eigenvalue weighted by Crippen LogP contribution is -2.29. The number of ether oxygens (including phenoxy) is 1. The first-order valence-electron chi connectivity index (χ1n) is 7.92. The van der Waals surface area contributed by atoms with Crippen LogP contribution in [-0.4, -0.2) is 34.2 Å². The minimum atomic E-state index is -0.176. The van der Waals surface area contributed by atoms with Crippen LogP contribution in [0.25, 0.3) is 11.4 Å². The molecule has 0 spiro atoms. The molecular weight excluding hydrogens is 320 g/mol. The molecule has 0 radical (unpaired) electrons. The third-order valence-electron chi connectivity index (χ3n) is 3.44. The van der Waals surface area contributed by atoms with Gasteiger partial charge in [-0.2, -0.15) is 4.98 Å². The van der Waals surface area contributed by atoms with Crippen molar-refractivity contribution in [2.45, 2.75) is 13.0 Å². The second kappa shape index (κ2) is 8.70. The molecule has 0 saturated heterocycles.